The molecular formula is C15H24N4O2. The van der Waals surface area contributed by atoms with Crippen molar-refractivity contribution in [3.63, 3.8) is 0 Å². The maximum atomic E-state index is 11.8. The first-order valence-electron chi connectivity index (χ1n) is 7.94. The number of carbonyl (C=O) groups excluding carboxylic acids is 1. The highest BCUT2D eigenvalue weighted by atomic mass is 16.5. The van der Waals surface area contributed by atoms with Crippen LogP contribution in [0.15, 0.2) is 12.4 Å². The predicted molar refractivity (Wildman–Crippen MR) is 79.0 cm³/mol. The lowest BCUT2D eigenvalue weighted by Gasteiger charge is -2.23. The second kappa shape index (κ2) is 6.93. The smallest absolute Gasteiger partial charge is 0.314 e. The van der Waals surface area contributed by atoms with E-state index in [0.29, 0.717) is 18.6 Å². The summed E-state index contributed by atoms with van der Waals surface area (Å²) in [4.78, 5) is 16.1. The molecule has 2 atom stereocenters. The van der Waals surface area contributed by atoms with E-state index in [1.54, 1.807) is 0 Å². The zero-order valence-corrected chi connectivity index (χ0v) is 12.4. The SMILES string of the molecule is O=C(NCC[C@@H]1CCCO1)NC[C@@H]1CCn2ccnc2C1. The fraction of sp³-hybridized carbons (Fsp3) is 0.733. The second-order valence-electron chi connectivity index (χ2n) is 5.96. The van der Waals surface area contributed by atoms with Crippen LogP contribution in [-0.4, -0.2) is 41.4 Å². The standard InChI is InChI=1S/C15H24N4O2/c20-15(17-5-3-13-2-1-9-21-13)18-11-12-4-7-19-8-6-16-14(19)10-12/h6,8,12-13H,1-5,7,9-11H2,(H2,17,18,20)/t12-,13+/m1/s1. The van der Waals surface area contributed by atoms with E-state index >= 15 is 0 Å². The second-order valence-corrected chi connectivity index (χ2v) is 5.96. The monoisotopic (exact) mass is 292 g/mol. The van der Waals surface area contributed by atoms with Gasteiger partial charge in [0.05, 0.1) is 6.10 Å². The lowest BCUT2D eigenvalue weighted by atomic mass is 9.98. The minimum absolute atomic E-state index is 0.0677. The number of nitrogens with zero attached hydrogens (tertiary/aromatic N) is 2. The van der Waals surface area contributed by atoms with Gasteiger partial charge in [0, 0.05) is 45.1 Å². The minimum atomic E-state index is -0.0677. The third-order valence-electron chi connectivity index (χ3n) is 4.38. The van der Waals surface area contributed by atoms with Crippen molar-refractivity contribution >= 4 is 6.03 Å². The highest BCUT2D eigenvalue weighted by molar-refractivity contribution is 5.73. The summed E-state index contributed by atoms with van der Waals surface area (Å²) in [6.45, 7) is 3.28. The number of amides is 2. The van der Waals surface area contributed by atoms with E-state index in [-0.39, 0.29) is 6.03 Å². The first-order valence-corrected chi connectivity index (χ1v) is 7.94. The van der Waals surface area contributed by atoms with E-state index in [1.165, 1.54) is 0 Å². The number of hydrogen-bond donors (Lipinski definition) is 2. The Hall–Kier alpha value is -1.56. The van der Waals surface area contributed by atoms with Gasteiger partial charge in [0.2, 0.25) is 0 Å². The van der Waals surface area contributed by atoms with Crippen LogP contribution in [0.25, 0.3) is 0 Å². The predicted octanol–water partition coefficient (Wildman–Crippen LogP) is 1.31. The van der Waals surface area contributed by atoms with Gasteiger partial charge < -0.3 is 19.9 Å². The summed E-state index contributed by atoms with van der Waals surface area (Å²) in [6, 6.07) is -0.0677. The summed E-state index contributed by atoms with van der Waals surface area (Å²) < 4.78 is 7.73. The van der Waals surface area contributed by atoms with Crippen molar-refractivity contribution in [3.8, 4) is 0 Å². The molecule has 0 aliphatic carbocycles. The third-order valence-corrected chi connectivity index (χ3v) is 4.38. The van der Waals surface area contributed by atoms with Gasteiger partial charge in [-0.15, -0.1) is 0 Å². The van der Waals surface area contributed by atoms with Crippen molar-refractivity contribution in [2.24, 2.45) is 5.92 Å². The summed E-state index contributed by atoms with van der Waals surface area (Å²) in [5.41, 5.74) is 0. The quantitative estimate of drug-likeness (QED) is 0.860. The maximum Gasteiger partial charge on any atom is 0.314 e. The normalized spacial score (nSPS) is 24.6. The number of urea groups is 1. The maximum absolute atomic E-state index is 11.8. The number of imidazole rings is 1. The van der Waals surface area contributed by atoms with Gasteiger partial charge in [0.1, 0.15) is 5.82 Å². The largest absolute Gasteiger partial charge is 0.378 e. The molecule has 0 spiro atoms. The highest BCUT2D eigenvalue weighted by Crippen LogP contribution is 2.18. The molecule has 3 heterocycles. The Kier molecular flexibility index (Phi) is 4.75. The summed E-state index contributed by atoms with van der Waals surface area (Å²) in [7, 11) is 0. The first-order chi connectivity index (χ1) is 10.3. The number of hydrogen-bond acceptors (Lipinski definition) is 3. The molecule has 1 aromatic rings. The Morgan fingerprint density at radius 1 is 1.43 bits per heavy atom. The van der Waals surface area contributed by atoms with Crippen molar-refractivity contribution in [1.82, 2.24) is 20.2 Å². The highest BCUT2D eigenvalue weighted by Gasteiger charge is 2.19. The molecule has 0 saturated carbocycles. The van der Waals surface area contributed by atoms with Crippen LogP contribution >= 0.6 is 0 Å². The Bertz CT molecular complexity index is 468. The lowest BCUT2D eigenvalue weighted by Crippen LogP contribution is -2.40. The summed E-state index contributed by atoms with van der Waals surface area (Å²) in [5.74, 6) is 1.62. The van der Waals surface area contributed by atoms with Gasteiger partial charge in [-0.2, -0.15) is 0 Å². The molecule has 0 aromatic carbocycles. The summed E-state index contributed by atoms with van der Waals surface area (Å²) in [6.07, 6.45) is 9.44. The Balaban J connectivity index is 1.31. The Morgan fingerprint density at radius 2 is 2.38 bits per heavy atom. The zero-order chi connectivity index (χ0) is 14.5. The molecule has 2 amide bonds. The zero-order valence-electron chi connectivity index (χ0n) is 12.4. The number of aryl methyl sites for hydroxylation is 1. The van der Waals surface area contributed by atoms with Crippen LogP contribution in [0.2, 0.25) is 0 Å². The van der Waals surface area contributed by atoms with E-state index in [1.807, 2.05) is 12.4 Å². The van der Waals surface area contributed by atoms with Gasteiger partial charge in [0.25, 0.3) is 0 Å². The van der Waals surface area contributed by atoms with E-state index in [0.717, 1.165) is 57.6 Å². The van der Waals surface area contributed by atoms with Crippen molar-refractivity contribution in [3.05, 3.63) is 18.2 Å². The van der Waals surface area contributed by atoms with Crippen LogP contribution in [0.4, 0.5) is 4.79 Å². The van der Waals surface area contributed by atoms with Crippen LogP contribution in [0, 0.1) is 5.92 Å². The van der Waals surface area contributed by atoms with Gasteiger partial charge in [-0.1, -0.05) is 0 Å². The molecule has 6 nitrogen and oxygen atoms in total. The van der Waals surface area contributed by atoms with Gasteiger partial charge in [-0.25, -0.2) is 9.78 Å². The van der Waals surface area contributed by atoms with Crippen molar-refractivity contribution in [2.75, 3.05) is 19.7 Å². The number of fused-ring (bicyclic) bond motifs is 1. The molecule has 116 valence electrons. The van der Waals surface area contributed by atoms with Crippen LogP contribution in [0.5, 0.6) is 0 Å². The van der Waals surface area contributed by atoms with E-state index in [4.69, 9.17) is 4.74 Å². The van der Waals surface area contributed by atoms with Gasteiger partial charge in [0.15, 0.2) is 0 Å². The van der Waals surface area contributed by atoms with Gasteiger partial charge >= 0.3 is 6.03 Å². The van der Waals surface area contributed by atoms with Crippen LogP contribution in [0.1, 0.15) is 31.5 Å². The van der Waals surface area contributed by atoms with Crippen LogP contribution < -0.4 is 10.6 Å². The van der Waals surface area contributed by atoms with E-state index < -0.39 is 0 Å². The fourth-order valence-corrected chi connectivity index (χ4v) is 3.11. The molecule has 3 rings (SSSR count). The summed E-state index contributed by atoms with van der Waals surface area (Å²) >= 11 is 0. The molecule has 2 N–H and O–H groups in total. The molecular weight excluding hydrogens is 268 g/mol. The molecule has 1 saturated heterocycles. The number of ether oxygens (including phenoxy) is 1. The molecule has 0 bridgehead atoms. The molecule has 2 aliphatic rings. The molecule has 1 fully saturated rings. The van der Waals surface area contributed by atoms with Crippen LogP contribution in [-0.2, 0) is 17.7 Å². The van der Waals surface area contributed by atoms with Crippen molar-refractivity contribution < 1.29 is 9.53 Å². The fourth-order valence-electron chi connectivity index (χ4n) is 3.11. The number of carbonyl (C=O) groups is 1. The minimum Gasteiger partial charge on any atom is -0.378 e. The van der Waals surface area contributed by atoms with E-state index in [9.17, 15) is 4.79 Å². The molecule has 6 heteroatoms. The summed E-state index contributed by atoms with van der Waals surface area (Å²) in [5, 5.41) is 5.89. The van der Waals surface area contributed by atoms with Crippen molar-refractivity contribution in [2.45, 2.75) is 44.8 Å². The molecule has 0 unspecified atom stereocenters. The van der Waals surface area contributed by atoms with Crippen LogP contribution in [0.3, 0.4) is 0 Å². The number of aromatic nitrogens is 2. The number of rotatable bonds is 5. The average molecular weight is 292 g/mol. The Morgan fingerprint density at radius 3 is 3.24 bits per heavy atom. The Labute approximate surface area is 125 Å². The first kappa shape index (κ1) is 14.4. The molecule has 1 aromatic heterocycles. The van der Waals surface area contributed by atoms with Gasteiger partial charge in [-0.05, 0) is 31.6 Å². The third kappa shape index (κ3) is 3.97. The molecule has 21 heavy (non-hydrogen) atoms. The number of nitrogens with one attached hydrogen (secondary N) is 2. The van der Waals surface area contributed by atoms with Crippen molar-refractivity contribution in [1.29, 1.82) is 0 Å². The van der Waals surface area contributed by atoms with E-state index in [2.05, 4.69) is 20.2 Å². The average Bonchev–Trinajstić information content (AvgIpc) is 3.15. The molecule has 0 radical (unpaired) electrons. The lowest BCUT2D eigenvalue weighted by molar-refractivity contribution is 0.104. The van der Waals surface area contributed by atoms with Gasteiger partial charge in [-0.3, -0.25) is 0 Å². The molecule has 2 aliphatic heterocycles. The topological polar surface area (TPSA) is 68.2 Å².